The maximum Gasteiger partial charge on any atom is 0.312 e. The molecule has 208 valence electrons. The lowest BCUT2D eigenvalue weighted by Crippen LogP contribution is -2.20. The molecule has 0 atom stereocenters. The zero-order valence-electron chi connectivity index (χ0n) is 21.3. The van der Waals surface area contributed by atoms with E-state index in [9.17, 15) is 19.3 Å². The second kappa shape index (κ2) is 11.2. The zero-order chi connectivity index (χ0) is 29.4. The number of rotatable bonds is 7. The van der Waals surface area contributed by atoms with Crippen LogP contribution in [-0.2, 0) is 6.61 Å². The second-order valence-electron chi connectivity index (χ2n) is 9.13. The molecule has 2 heterocycles. The Morgan fingerprint density at radius 2 is 1.93 bits per heavy atom. The lowest BCUT2D eigenvalue weighted by atomic mass is 10.2. The third-order valence-electron chi connectivity index (χ3n) is 6.29. The van der Waals surface area contributed by atoms with Crippen LogP contribution in [0.3, 0.4) is 0 Å². The fourth-order valence-electron chi connectivity index (χ4n) is 4.37. The van der Waals surface area contributed by atoms with Gasteiger partial charge < -0.3 is 9.15 Å². The first-order valence-corrected chi connectivity index (χ1v) is 13.5. The minimum Gasteiger partial charge on any atom is -0.481 e. The van der Waals surface area contributed by atoms with Gasteiger partial charge >= 0.3 is 5.69 Å². The summed E-state index contributed by atoms with van der Waals surface area (Å²) in [5.41, 5.74) is 0.982. The van der Waals surface area contributed by atoms with E-state index < -0.39 is 16.3 Å². The van der Waals surface area contributed by atoms with E-state index in [1.54, 1.807) is 60.7 Å². The molecule has 0 fully saturated rings. The van der Waals surface area contributed by atoms with E-state index in [2.05, 4.69) is 26.0 Å². The van der Waals surface area contributed by atoms with Crippen LogP contribution in [0, 0.1) is 15.9 Å². The summed E-state index contributed by atoms with van der Waals surface area (Å²) in [6.07, 6.45) is 1.30. The van der Waals surface area contributed by atoms with E-state index in [4.69, 9.17) is 20.8 Å². The minimum atomic E-state index is -0.599. The van der Waals surface area contributed by atoms with Gasteiger partial charge in [0.1, 0.15) is 18.0 Å². The highest BCUT2D eigenvalue weighted by Crippen LogP contribution is 2.37. The Balaban J connectivity index is 1.42. The van der Waals surface area contributed by atoms with Crippen LogP contribution in [0.25, 0.3) is 33.5 Å². The lowest BCUT2D eigenvalue weighted by Gasteiger charge is -2.10. The van der Waals surface area contributed by atoms with Crippen LogP contribution in [0.15, 0.2) is 104 Å². The number of hydrogen-bond acceptors (Lipinski definition) is 7. The van der Waals surface area contributed by atoms with Gasteiger partial charge in [0.2, 0.25) is 11.6 Å². The predicted octanol–water partition coefficient (Wildman–Crippen LogP) is 7.73. The molecule has 2 aromatic heterocycles. The van der Waals surface area contributed by atoms with E-state index in [1.807, 2.05) is 0 Å². The Labute approximate surface area is 249 Å². The Hall–Kier alpha value is -4.87. The van der Waals surface area contributed by atoms with Gasteiger partial charge in [-0.2, -0.15) is 9.78 Å². The third kappa shape index (κ3) is 5.39. The van der Waals surface area contributed by atoms with Crippen LogP contribution < -0.4 is 10.3 Å². The normalized spacial score (nSPS) is 11.5. The van der Waals surface area contributed by atoms with Crippen molar-refractivity contribution >= 4 is 61.3 Å². The molecule has 0 bridgehead atoms. The molecule has 0 aliphatic rings. The van der Waals surface area contributed by atoms with Crippen molar-refractivity contribution in [3.63, 3.8) is 0 Å². The molecule has 0 radical (unpaired) electrons. The van der Waals surface area contributed by atoms with Crippen molar-refractivity contribution in [1.29, 1.82) is 0 Å². The monoisotopic (exact) mass is 646 g/mol. The summed E-state index contributed by atoms with van der Waals surface area (Å²) in [6.45, 7) is -0.0884. The summed E-state index contributed by atoms with van der Waals surface area (Å²) in [4.78, 5) is 29.5. The number of fused-ring (bicyclic) bond motifs is 2. The van der Waals surface area contributed by atoms with E-state index in [0.29, 0.717) is 38.0 Å². The van der Waals surface area contributed by atoms with Crippen LogP contribution in [0.4, 0.5) is 10.1 Å². The Morgan fingerprint density at radius 1 is 1.10 bits per heavy atom. The number of nitro benzene ring substituents is 1. The average molecular weight is 648 g/mol. The highest BCUT2D eigenvalue weighted by atomic mass is 79.9. The molecule has 0 aliphatic heterocycles. The van der Waals surface area contributed by atoms with Crippen molar-refractivity contribution in [2.75, 3.05) is 0 Å². The van der Waals surface area contributed by atoms with Gasteiger partial charge in [-0.25, -0.2) is 9.37 Å². The topological polar surface area (TPSA) is 113 Å². The van der Waals surface area contributed by atoms with E-state index in [-0.39, 0.29) is 34.1 Å². The number of hydrogen-bond donors (Lipinski definition) is 0. The molecule has 0 unspecified atom stereocenters. The molecule has 0 saturated heterocycles. The van der Waals surface area contributed by atoms with Crippen molar-refractivity contribution in [3.05, 3.63) is 132 Å². The summed E-state index contributed by atoms with van der Waals surface area (Å²) in [5, 5.41) is 17.9. The summed E-state index contributed by atoms with van der Waals surface area (Å²) in [5.74, 6) is -0.0700. The SMILES string of the molecule is O=c1c2ccccc2nc(-c2cc3cc(Cl)ccc3o2)n1N=Cc1cc(Br)c(OCc2cccc(F)c2)c([N+](=O)[O-])c1. The van der Waals surface area contributed by atoms with Gasteiger partial charge in [-0.05, 0) is 76.1 Å². The summed E-state index contributed by atoms with van der Waals surface area (Å²) in [7, 11) is 0. The van der Waals surface area contributed by atoms with Crippen LogP contribution in [-0.4, -0.2) is 20.8 Å². The van der Waals surface area contributed by atoms with E-state index in [0.717, 1.165) is 4.68 Å². The standard InChI is InChI=1S/C30H17BrClFN4O5/c31-23-11-18(12-25(37(39)40)28(23)41-16-17-4-3-5-21(33)10-17)15-34-36-29(35-24-7-2-1-6-22(24)30(36)38)27-14-19-13-20(32)8-9-26(19)42-27/h1-15H,16H2. The number of benzene rings is 4. The smallest absolute Gasteiger partial charge is 0.312 e. The Kier molecular flexibility index (Phi) is 7.27. The molecule has 6 aromatic rings. The highest BCUT2D eigenvalue weighted by molar-refractivity contribution is 9.10. The largest absolute Gasteiger partial charge is 0.481 e. The molecular formula is C30H17BrClFN4O5. The molecule has 9 nitrogen and oxygen atoms in total. The van der Waals surface area contributed by atoms with Crippen molar-refractivity contribution in [3.8, 4) is 17.3 Å². The highest BCUT2D eigenvalue weighted by Gasteiger charge is 2.21. The summed E-state index contributed by atoms with van der Waals surface area (Å²) >= 11 is 9.46. The third-order valence-corrected chi connectivity index (χ3v) is 7.11. The maximum atomic E-state index is 13.6. The van der Waals surface area contributed by atoms with Crippen LogP contribution in [0.1, 0.15) is 11.1 Å². The van der Waals surface area contributed by atoms with Gasteiger partial charge in [-0.1, -0.05) is 35.9 Å². The van der Waals surface area contributed by atoms with Crippen molar-refractivity contribution < 1.29 is 18.5 Å². The predicted molar refractivity (Wildman–Crippen MR) is 161 cm³/mol. The molecule has 0 N–H and O–H groups in total. The van der Waals surface area contributed by atoms with Gasteiger partial charge in [-0.3, -0.25) is 14.9 Å². The maximum absolute atomic E-state index is 13.6. The molecule has 6 rings (SSSR count). The average Bonchev–Trinajstić information content (AvgIpc) is 3.39. The lowest BCUT2D eigenvalue weighted by molar-refractivity contribution is -0.386. The molecule has 42 heavy (non-hydrogen) atoms. The first-order chi connectivity index (χ1) is 20.3. The summed E-state index contributed by atoms with van der Waals surface area (Å²) in [6, 6.07) is 22.2. The molecule has 12 heteroatoms. The first-order valence-electron chi connectivity index (χ1n) is 12.4. The number of ether oxygens (including phenoxy) is 1. The number of para-hydroxylation sites is 1. The molecule has 0 aliphatic carbocycles. The number of aromatic nitrogens is 2. The van der Waals surface area contributed by atoms with Crippen LogP contribution >= 0.6 is 27.5 Å². The van der Waals surface area contributed by atoms with Crippen LogP contribution in [0.5, 0.6) is 5.75 Å². The van der Waals surface area contributed by atoms with Crippen molar-refractivity contribution in [2.24, 2.45) is 5.10 Å². The van der Waals surface area contributed by atoms with Crippen molar-refractivity contribution in [1.82, 2.24) is 9.66 Å². The first kappa shape index (κ1) is 27.3. The zero-order valence-corrected chi connectivity index (χ0v) is 23.7. The van der Waals surface area contributed by atoms with E-state index in [1.165, 1.54) is 30.5 Å². The fourth-order valence-corrected chi connectivity index (χ4v) is 5.14. The van der Waals surface area contributed by atoms with E-state index >= 15 is 0 Å². The number of furan rings is 1. The Bertz CT molecular complexity index is 2110. The molecule has 0 saturated carbocycles. The fraction of sp³-hybridized carbons (Fsp3) is 0.0333. The number of nitro groups is 1. The van der Waals surface area contributed by atoms with Crippen molar-refractivity contribution in [2.45, 2.75) is 6.61 Å². The Morgan fingerprint density at radius 3 is 2.74 bits per heavy atom. The quantitative estimate of drug-likeness (QED) is 0.0996. The van der Waals surface area contributed by atoms with Crippen LogP contribution in [0.2, 0.25) is 5.02 Å². The van der Waals surface area contributed by atoms with Gasteiger partial charge in [-0.15, -0.1) is 0 Å². The second-order valence-corrected chi connectivity index (χ2v) is 10.4. The van der Waals surface area contributed by atoms with Gasteiger partial charge in [0.05, 0.1) is 26.5 Å². The number of halogens is 3. The summed E-state index contributed by atoms with van der Waals surface area (Å²) < 4.78 is 26.6. The van der Waals surface area contributed by atoms with Gasteiger partial charge in [0.15, 0.2) is 5.76 Å². The van der Waals surface area contributed by atoms with Gasteiger partial charge in [0.25, 0.3) is 5.56 Å². The number of nitrogens with zero attached hydrogens (tertiary/aromatic N) is 4. The molecule has 4 aromatic carbocycles. The molecule has 0 spiro atoms. The molecule has 0 amide bonds. The van der Waals surface area contributed by atoms with Gasteiger partial charge in [0, 0.05) is 22.0 Å². The minimum absolute atomic E-state index is 0.0347. The molecular weight excluding hydrogens is 631 g/mol.